The van der Waals surface area contributed by atoms with Crippen molar-refractivity contribution >= 4 is 74.3 Å². The second-order valence-electron chi connectivity index (χ2n) is 10.7. The Kier molecular flexibility index (Phi) is 8.72. The van der Waals surface area contributed by atoms with Crippen LogP contribution in [0.15, 0.2) is 109 Å². The number of fused-ring (bicyclic) bond motifs is 1. The van der Waals surface area contributed by atoms with Gasteiger partial charge in [0, 0.05) is 17.5 Å². The van der Waals surface area contributed by atoms with E-state index >= 15 is 0 Å². The Labute approximate surface area is 283 Å². The molecule has 5 aromatic rings. The first-order chi connectivity index (χ1) is 22.7. The molecule has 234 valence electrons. The van der Waals surface area contributed by atoms with Crippen LogP contribution in [0, 0.1) is 20.6 Å². The lowest BCUT2D eigenvalue weighted by molar-refractivity contribution is -0.384. The van der Waals surface area contributed by atoms with Gasteiger partial charge in [0.2, 0.25) is 0 Å². The van der Waals surface area contributed by atoms with E-state index in [1.807, 2.05) is 37.3 Å². The number of nitro groups is 1. The van der Waals surface area contributed by atoms with Crippen LogP contribution in [0.4, 0.5) is 21.9 Å². The number of anilines is 2. The van der Waals surface area contributed by atoms with E-state index in [2.05, 4.69) is 22.6 Å². The molecule has 6 rings (SSSR count). The number of halogens is 1. The third-order valence-corrected chi connectivity index (χ3v) is 8.44. The summed E-state index contributed by atoms with van der Waals surface area (Å²) in [4.78, 5) is 54.7. The Hall–Kier alpha value is -5.56. The minimum atomic E-state index is -0.778. The summed E-state index contributed by atoms with van der Waals surface area (Å²) in [5, 5.41) is 12.5. The molecule has 0 N–H and O–H groups in total. The number of amides is 4. The van der Waals surface area contributed by atoms with Gasteiger partial charge in [-0.05, 0) is 94.6 Å². The van der Waals surface area contributed by atoms with Gasteiger partial charge < -0.3 is 9.47 Å². The maximum atomic E-state index is 14.1. The predicted octanol–water partition coefficient (Wildman–Crippen LogP) is 7.83. The molecule has 4 amide bonds. The lowest BCUT2D eigenvalue weighted by atomic mass is 10.0. The third-order valence-electron chi connectivity index (χ3n) is 7.64. The predicted molar refractivity (Wildman–Crippen MR) is 187 cm³/mol. The Balaban J connectivity index is 1.40. The molecule has 0 saturated carbocycles. The zero-order valence-corrected chi connectivity index (χ0v) is 27.3. The summed E-state index contributed by atoms with van der Waals surface area (Å²) in [5.74, 6) is -0.748. The molecular formula is C36H26IN3O7. The number of aryl methyl sites for hydroxylation is 1. The zero-order valence-electron chi connectivity index (χ0n) is 25.2. The second kappa shape index (κ2) is 13.0. The van der Waals surface area contributed by atoms with Crippen molar-refractivity contribution in [2.45, 2.75) is 13.5 Å². The molecule has 0 spiro atoms. The zero-order chi connectivity index (χ0) is 33.2. The number of nitro benzene ring substituents is 1. The fourth-order valence-electron chi connectivity index (χ4n) is 5.27. The summed E-state index contributed by atoms with van der Waals surface area (Å²) in [6.45, 7) is 2.02. The molecule has 1 fully saturated rings. The van der Waals surface area contributed by atoms with Crippen molar-refractivity contribution in [3.63, 3.8) is 0 Å². The SMILES string of the molecule is COc1cc(/C=C2\C(=O)N(c3ccc(C)cc3)C(=O)N(c3cccc4ccccc34)C2=O)cc(I)c1OCc1ccc([N+](=O)[O-])cc1. The molecule has 1 aliphatic heterocycles. The molecule has 0 bridgehead atoms. The number of urea groups is 1. The monoisotopic (exact) mass is 739 g/mol. The Bertz CT molecular complexity index is 2090. The fraction of sp³-hybridized carbons (Fsp3) is 0.0833. The molecule has 10 nitrogen and oxygen atoms in total. The number of imide groups is 2. The Morgan fingerprint density at radius 3 is 2.23 bits per heavy atom. The van der Waals surface area contributed by atoms with Crippen LogP contribution < -0.4 is 19.3 Å². The summed E-state index contributed by atoms with van der Waals surface area (Å²) < 4.78 is 12.3. The summed E-state index contributed by atoms with van der Waals surface area (Å²) >= 11 is 2.07. The van der Waals surface area contributed by atoms with E-state index in [9.17, 15) is 24.5 Å². The van der Waals surface area contributed by atoms with Gasteiger partial charge in [-0.1, -0.05) is 54.1 Å². The number of rotatable bonds is 8. The van der Waals surface area contributed by atoms with Crippen LogP contribution in [0.5, 0.6) is 11.5 Å². The number of non-ortho nitro benzene ring substituents is 1. The number of carbonyl (C=O) groups excluding carboxylic acids is 3. The van der Waals surface area contributed by atoms with Crippen LogP contribution in [0.3, 0.4) is 0 Å². The number of nitrogens with zero attached hydrogens (tertiary/aromatic N) is 3. The van der Waals surface area contributed by atoms with Gasteiger partial charge in [0.25, 0.3) is 17.5 Å². The lowest BCUT2D eigenvalue weighted by Gasteiger charge is -2.34. The minimum absolute atomic E-state index is 0.0215. The molecule has 47 heavy (non-hydrogen) atoms. The molecular weight excluding hydrogens is 713 g/mol. The van der Waals surface area contributed by atoms with Crippen molar-refractivity contribution in [2.75, 3.05) is 16.9 Å². The van der Waals surface area contributed by atoms with Crippen molar-refractivity contribution in [3.8, 4) is 11.5 Å². The van der Waals surface area contributed by atoms with Crippen molar-refractivity contribution in [1.29, 1.82) is 0 Å². The highest BCUT2D eigenvalue weighted by Crippen LogP contribution is 2.37. The number of methoxy groups -OCH3 is 1. The standard InChI is InChI=1S/C36H26IN3O7/c1-22-10-14-26(15-11-22)38-34(41)29(35(42)39(36(38)43)31-9-5-7-25-6-3-4-8-28(25)31)18-24-19-30(37)33(32(20-24)46-2)47-21-23-12-16-27(17-13-23)40(44)45/h3-20H,21H2,1-2H3/b29-18+. The first-order valence-corrected chi connectivity index (χ1v) is 15.5. The van der Waals surface area contributed by atoms with Crippen LogP contribution >= 0.6 is 22.6 Å². The van der Waals surface area contributed by atoms with E-state index in [1.54, 1.807) is 60.7 Å². The molecule has 1 saturated heterocycles. The van der Waals surface area contributed by atoms with E-state index in [1.165, 1.54) is 25.3 Å². The lowest BCUT2D eigenvalue weighted by Crippen LogP contribution is -2.57. The minimum Gasteiger partial charge on any atom is -0.493 e. The highest BCUT2D eigenvalue weighted by Gasteiger charge is 2.44. The van der Waals surface area contributed by atoms with Gasteiger partial charge in [0.05, 0.1) is 27.0 Å². The molecule has 0 unspecified atom stereocenters. The maximum absolute atomic E-state index is 14.1. The van der Waals surface area contributed by atoms with Gasteiger partial charge in [-0.25, -0.2) is 14.6 Å². The second-order valence-corrected chi connectivity index (χ2v) is 11.9. The molecule has 5 aromatic carbocycles. The van der Waals surface area contributed by atoms with Crippen LogP contribution in [0.25, 0.3) is 16.8 Å². The van der Waals surface area contributed by atoms with E-state index in [4.69, 9.17) is 9.47 Å². The molecule has 0 atom stereocenters. The van der Waals surface area contributed by atoms with E-state index in [0.29, 0.717) is 43.0 Å². The number of ether oxygens (including phenoxy) is 2. The number of barbiturate groups is 1. The quantitative estimate of drug-likeness (QED) is 0.0523. The van der Waals surface area contributed by atoms with E-state index in [-0.39, 0.29) is 17.9 Å². The summed E-state index contributed by atoms with van der Waals surface area (Å²) in [6, 6.07) is 28.3. The van der Waals surface area contributed by atoms with Crippen LogP contribution in [0.2, 0.25) is 0 Å². The van der Waals surface area contributed by atoms with Crippen molar-refractivity contribution in [3.05, 3.63) is 139 Å². The highest BCUT2D eigenvalue weighted by molar-refractivity contribution is 14.1. The van der Waals surface area contributed by atoms with Gasteiger partial charge in [0.15, 0.2) is 11.5 Å². The summed E-state index contributed by atoms with van der Waals surface area (Å²) in [5.41, 5.74) is 2.59. The van der Waals surface area contributed by atoms with Gasteiger partial charge >= 0.3 is 6.03 Å². The first-order valence-electron chi connectivity index (χ1n) is 14.4. The van der Waals surface area contributed by atoms with Gasteiger partial charge in [-0.15, -0.1) is 0 Å². The van der Waals surface area contributed by atoms with Gasteiger partial charge in [0.1, 0.15) is 12.2 Å². The van der Waals surface area contributed by atoms with E-state index in [0.717, 1.165) is 20.7 Å². The third kappa shape index (κ3) is 6.17. The molecule has 1 heterocycles. The molecule has 0 radical (unpaired) electrons. The van der Waals surface area contributed by atoms with Crippen LogP contribution in [-0.4, -0.2) is 29.9 Å². The maximum Gasteiger partial charge on any atom is 0.343 e. The summed E-state index contributed by atoms with van der Waals surface area (Å²) in [6.07, 6.45) is 1.45. The average Bonchev–Trinajstić information content (AvgIpc) is 3.07. The van der Waals surface area contributed by atoms with Gasteiger partial charge in [-0.2, -0.15) is 0 Å². The van der Waals surface area contributed by atoms with Gasteiger partial charge in [-0.3, -0.25) is 19.7 Å². The fourth-order valence-corrected chi connectivity index (χ4v) is 6.05. The Morgan fingerprint density at radius 1 is 0.851 bits per heavy atom. The molecule has 11 heteroatoms. The normalized spacial score (nSPS) is 14.2. The summed E-state index contributed by atoms with van der Waals surface area (Å²) in [7, 11) is 1.47. The van der Waals surface area contributed by atoms with Crippen molar-refractivity contribution in [1.82, 2.24) is 0 Å². The van der Waals surface area contributed by atoms with Crippen molar-refractivity contribution < 1.29 is 28.8 Å². The molecule has 0 aromatic heterocycles. The largest absolute Gasteiger partial charge is 0.493 e. The number of hydrogen-bond acceptors (Lipinski definition) is 7. The van der Waals surface area contributed by atoms with Crippen LogP contribution in [0.1, 0.15) is 16.7 Å². The highest BCUT2D eigenvalue weighted by atomic mass is 127. The Morgan fingerprint density at radius 2 is 1.53 bits per heavy atom. The number of hydrogen-bond donors (Lipinski definition) is 0. The average molecular weight is 740 g/mol. The first kappa shape index (κ1) is 31.4. The molecule has 0 aliphatic carbocycles. The smallest absolute Gasteiger partial charge is 0.343 e. The number of benzene rings is 5. The van der Waals surface area contributed by atoms with Crippen LogP contribution in [-0.2, 0) is 16.2 Å². The van der Waals surface area contributed by atoms with E-state index < -0.39 is 22.8 Å². The molecule has 1 aliphatic rings. The topological polar surface area (TPSA) is 119 Å². The van der Waals surface area contributed by atoms with Crippen molar-refractivity contribution in [2.24, 2.45) is 0 Å². The number of carbonyl (C=O) groups is 3.